The highest BCUT2D eigenvalue weighted by atomic mass is 28.4. The molecule has 0 fully saturated rings. The van der Waals surface area contributed by atoms with Gasteiger partial charge >= 0.3 is 7.12 Å². The molecule has 3 nitrogen and oxygen atoms in total. The van der Waals surface area contributed by atoms with Crippen LogP contribution in [0, 0.1) is 0 Å². The van der Waals surface area contributed by atoms with Crippen molar-refractivity contribution in [1.82, 2.24) is 0 Å². The molecule has 0 spiro atoms. The molecule has 0 saturated heterocycles. The van der Waals surface area contributed by atoms with Crippen molar-refractivity contribution in [2.45, 2.75) is 45.5 Å². The molecule has 0 unspecified atom stereocenters. The van der Waals surface area contributed by atoms with Gasteiger partial charge in [-0.1, -0.05) is 45.0 Å². The maximum atomic E-state index is 9.31. The van der Waals surface area contributed by atoms with Gasteiger partial charge in [-0.25, -0.2) is 0 Å². The summed E-state index contributed by atoms with van der Waals surface area (Å²) in [4.78, 5) is 0. The Morgan fingerprint density at radius 1 is 1.17 bits per heavy atom. The summed E-state index contributed by atoms with van der Waals surface area (Å²) >= 11 is 0. The van der Waals surface area contributed by atoms with E-state index in [9.17, 15) is 10.0 Å². The minimum Gasteiger partial charge on any atom is -0.423 e. The van der Waals surface area contributed by atoms with Crippen molar-refractivity contribution in [3.63, 3.8) is 0 Å². The molecule has 18 heavy (non-hydrogen) atoms. The molecule has 0 heterocycles. The van der Waals surface area contributed by atoms with Crippen LogP contribution in [0.15, 0.2) is 24.3 Å². The minimum absolute atomic E-state index is 0.153. The molecule has 0 aromatic heterocycles. The molecule has 100 valence electrons. The second-order valence-electron chi connectivity index (χ2n) is 6.12. The molecule has 0 amide bonds. The lowest BCUT2D eigenvalue weighted by molar-refractivity contribution is 0.276. The van der Waals surface area contributed by atoms with Gasteiger partial charge in [0.1, 0.15) is 0 Å². The number of rotatable bonds is 4. The largest absolute Gasteiger partial charge is 0.488 e. The van der Waals surface area contributed by atoms with Crippen molar-refractivity contribution < 1.29 is 14.5 Å². The van der Waals surface area contributed by atoms with Gasteiger partial charge in [0.05, 0.1) is 6.61 Å². The van der Waals surface area contributed by atoms with E-state index in [-0.39, 0.29) is 5.04 Å². The molecular formula is C13H23BO3Si. The Morgan fingerprint density at radius 2 is 1.72 bits per heavy atom. The first-order chi connectivity index (χ1) is 8.15. The van der Waals surface area contributed by atoms with E-state index in [0.29, 0.717) is 12.1 Å². The zero-order valence-corrected chi connectivity index (χ0v) is 12.9. The van der Waals surface area contributed by atoms with E-state index in [0.717, 1.165) is 5.56 Å². The first-order valence-corrected chi connectivity index (χ1v) is 9.14. The lowest BCUT2D eigenvalue weighted by Crippen LogP contribution is -2.41. The van der Waals surface area contributed by atoms with Gasteiger partial charge in [-0.2, -0.15) is 0 Å². The standard InChI is InChI=1S/C13H23BO3Si/c1-13(2,3)18(4,5)17-10-11-8-6-7-9-12(11)14(15)16/h6-9,15-16H,10H2,1-5H3. The first-order valence-electron chi connectivity index (χ1n) is 6.23. The summed E-state index contributed by atoms with van der Waals surface area (Å²) in [5, 5.41) is 18.8. The molecule has 1 aromatic rings. The van der Waals surface area contributed by atoms with Crippen LogP contribution in [0.3, 0.4) is 0 Å². The van der Waals surface area contributed by atoms with Crippen molar-refractivity contribution in [3.05, 3.63) is 29.8 Å². The Balaban J connectivity index is 2.81. The van der Waals surface area contributed by atoms with Crippen LogP contribution in [0.5, 0.6) is 0 Å². The van der Waals surface area contributed by atoms with Crippen molar-refractivity contribution in [2.24, 2.45) is 0 Å². The van der Waals surface area contributed by atoms with Crippen LogP contribution >= 0.6 is 0 Å². The van der Waals surface area contributed by atoms with Crippen LogP contribution in [-0.4, -0.2) is 25.5 Å². The molecule has 2 N–H and O–H groups in total. The Bertz CT molecular complexity index is 399. The lowest BCUT2D eigenvalue weighted by Gasteiger charge is -2.36. The van der Waals surface area contributed by atoms with E-state index in [1.807, 2.05) is 12.1 Å². The summed E-state index contributed by atoms with van der Waals surface area (Å²) in [5.74, 6) is 0. The lowest BCUT2D eigenvalue weighted by atomic mass is 9.77. The van der Waals surface area contributed by atoms with Crippen LogP contribution in [0.1, 0.15) is 26.3 Å². The van der Waals surface area contributed by atoms with E-state index in [1.165, 1.54) is 0 Å². The predicted molar refractivity (Wildman–Crippen MR) is 78.3 cm³/mol. The number of hydrogen-bond acceptors (Lipinski definition) is 3. The molecule has 1 aromatic carbocycles. The number of benzene rings is 1. The maximum Gasteiger partial charge on any atom is 0.488 e. The van der Waals surface area contributed by atoms with E-state index in [2.05, 4.69) is 33.9 Å². The third kappa shape index (κ3) is 3.69. The van der Waals surface area contributed by atoms with Crippen LogP contribution < -0.4 is 5.46 Å². The fourth-order valence-electron chi connectivity index (χ4n) is 1.39. The van der Waals surface area contributed by atoms with Gasteiger partial charge < -0.3 is 14.5 Å². The van der Waals surface area contributed by atoms with Crippen LogP contribution in [0.25, 0.3) is 0 Å². The second-order valence-corrected chi connectivity index (χ2v) is 10.9. The average molecular weight is 266 g/mol. The van der Waals surface area contributed by atoms with Gasteiger partial charge in [-0.05, 0) is 29.2 Å². The zero-order valence-electron chi connectivity index (χ0n) is 11.9. The van der Waals surface area contributed by atoms with E-state index in [1.54, 1.807) is 12.1 Å². The molecule has 0 aliphatic rings. The molecule has 0 atom stereocenters. The van der Waals surface area contributed by atoms with E-state index in [4.69, 9.17) is 4.43 Å². The predicted octanol–water partition coefficient (Wildman–Crippen LogP) is 1.89. The van der Waals surface area contributed by atoms with Gasteiger partial charge in [0.2, 0.25) is 0 Å². The van der Waals surface area contributed by atoms with Gasteiger partial charge in [0, 0.05) is 0 Å². The van der Waals surface area contributed by atoms with Crippen molar-refractivity contribution >= 4 is 20.9 Å². The molecule has 0 bridgehead atoms. The summed E-state index contributed by atoms with van der Waals surface area (Å²) in [6, 6.07) is 7.28. The summed E-state index contributed by atoms with van der Waals surface area (Å²) < 4.78 is 6.09. The Morgan fingerprint density at radius 3 is 2.22 bits per heavy atom. The highest BCUT2D eigenvalue weighted by molar-refractivity contribution is 6.74. The smallest absolute Gasteiger partial charge is 0.423 e. The normalized spacial score (nSPS) is 12.6. The Labute approximate surface area is 111 Å². The van der Waals surface area contributed by atoms with Crippen molar-refractivity contribution in [2.75, 3.05) is 0 Å². The van der Waals surface area contributed by atoms with Gasteiger partial charge in [-0.3, -0.25) is 0 Å². The van der Waals surface area contributed by atoms with Crippen LogP contribution in [-0.2, 0) is 11.0 Å². The van der Waals surface area contributed by atoms with Crippen LogP contribution in [0.4, 0.5) is 0 Å². The topological polar surface area (TPSA) is 49.7 Å². The van der Waals surface area contributed by atoms with Gasteiger partial charge in [0.25, 0.3) is 0 Å². The zero-order chi connectivity index (χ0) is 14.0. The molecule has 0 aliphatic carbocycles. The van der Waals surface area contributed by atoms with Crippen molar-refractivity contribution in [3.8, 4) is 0 Å². The monoisotopic (exact) mass is 266 g/mol. The molecule has 1 rings (SSSR count). The fraction of sp³-hybridized carbons (Fsp3) is 0.538. The SMILES string of the molecule is CC(C)(C)[Si](C)(C)OCc1ccccc1B(O)O. The van der Waals surface area contributed by atoms with Gasteiger partial charge in [0.15, 0.2) is 8.32 Å². The molecular weight excluding hydrogens is 243 g/mol. The molecule has 0 aliphatic heterocycles. The average Bonchev–Trinajstić information content (AvgIpc) is 2.25. The van der Waals surface area contributed by atoms with Gasteiger partial charge in [-0.15, -0.1) is 0 Å². The quantitative estimate of drug-likeness (QED) is 0.818. The van der Waals surface area contributed by atoms with E-state index >= 15 is 0 Å². The summed E-state index contributed by atoms with van der Waals surface area (Å²) in [6.45, 7) is 11.4. The highest BCUT2D eigenvalue weighted by Gasteiger charge is 2.37. The fourth-order valence-corrected chi connectivity index (χ4v) is 2.34. The maximum absolute atomic E-state index is 9.31. The first kappa shape index (κ1) is 15.4. The van der Waals surface area contributed by atoms with Crippen LogP contribution in [0.2, 0.25) is 18.1 Å². The minimum atomic E-state index is -1.81. The van der Waals surface area contributed by atoms with Crippen molar-refractivity contribution in [1.29, 1.82) is 0 Å². The number of hydrogen-bond donors (Lipinski definition) is 2. The Hall–Kier alpha value is -0.618. The summed E-state index contributed by atoms with van der Waals surface area (Å²) in [5.41, 5.74) is 1.37. The third-order valence-corrected chi connectivity index (χ3v) is 8.21. The molecule has 0 saturated carbocycles. The summed E-state index contributed by atoms with van der Waals surface area (Å²) in [7, 11) is -3.25. The molecule has 0 radical (unpaired) electrons. The second kappa shape index (κ2) is 5.57. The third-order valence-electron chi connectivity index (χ3n) is 3.73. The Kier molecular flexibility index (Phi) is 4.78. The highest BCUT2D eigenvalue weighted by Crippen LogP contribution is 2.36. The molecule has 5 heteroatoms. The summed E-state index contributed by atoms with van der Waals surface area (Å²) in [6.07, 6.45) is 0. The van der Waals surface area contributed by atoms with E-state index < -0.39 is 15.4 Å².